The van der Waals surface area contributed by atoms with Gasteiger partial charge < -0.3 is 14.8 Å². The molecular weight excluding hydrogens is 332 g/mol. The van der Waals surface area contributed by atoms with Crippen LogP contribution < -0.4 is 14.8 Å². The zero-order chi connectivity index (χ0) is 15.2. The molecule has 1 N–H and O–H groups in total. The first-order valence-corrected chi connectivity index (χ1v) is 7.72. The Labute approximate surface area is 133 Å². The van der Waals surface area contributed by atoms with Gasteiger partial charge in [-0.25, -0.2) is 4.98 Å². The normalized spacial score (nSPS) is 10.3. The molecule has 0 radical (unpaired) electrons. The smallest absolute Gasteiger partial charge is 0.144 e. The predicted molar refractivity (Wildman–Crippen MR) is 88.7 cm³/mol. The van der Waals surface area contributed by atoms with Crippen molar-refractivity contribution in [2.75, 3.05) is 18.5 Å². The Morgan fingerprint density at radius 1 is 1.14 bits per heavy atom. The summed E-state index contributed by atoms with van der Waals surface area (Å²) >= 11 is 3.52. The number of aryl methyl sites for hydroxylation is 1. The largest absolute Gasteiger partial charge is 0.494 e. The summed E-state index contributed by atoms with van der Waals surface area (Å²) in [5.74, 6) is 2.32. The molecule has 0 atom stereocenters. The van der Waals surface area contributed by atoms with Crippen molar-refractivity contribution in [2.24, 2.45) is 0 Å². The molecule has 2 aromatic rings. The second-order valence-electron chi connectivity index (χ2n) is 4.49. The van der Waals surface area contributed by atoms with Crippen LogP contribution in [0.2, 0.25) is 0 Å². The maximum atomic E-state index is 5.64. The van der Waals surface area contributed by atoms with Crippen molar-refractivity contribution >= 4 is 27.4 Å². The molecule has 1 heterocycles. The quantitative estimate of drug-likeness (QED) is 0.820. The van der Waals surface area contributed by atoms with Crippen LogP contribution in [-0.4, -0.2) is 18.2 Å². The molecule has 0 aliphatic heterocycles. The topological polar surface area (TPSA) is 43.4 Å². The molecule has 0 fully saturated rings. The van der Waals surface area contributed by atoms with Crippen LogP contribution in [0.4, 0.5) is 11.5 Å². The summed E-state index contributed by atoms with van der Waals surface area (Å²) in [4.78, 5) is 4.40. The van der Waals surface area contributed by atoms with Crippen LogP contribution in [0.15, 0.2) is 34.9 Å². The standard InChI is InChI=1S/C16H19BrN2O2/c1-4-20-12-6-7-15(21-5-2)14(9-12)19-16-13(17)8-11(3)10-18-16/h6-10H,4-5H2,1-3H3,(H,18,19). The van der Waals surface area contributed by atoms with Crippen LogP contribution in [0.3, 0.4) is 0 Å². The Morgan fingerprint density at radius 2 is 1.90 bits per heavy atom. The lowest BCUT2D eigenvalue weighted by atomic mass is 10.2. The van der Waals surface area contributed by atoms with Gasteiger partial charge in [0.2, 0.25) is 0 Å². The summed E-state index contributed by atoms with van der Waals surface area (Å²) in [5, 5.41) is 3.29. The second-order valence-corrected chi connectivity index (χ2v) is 5.35. The van der Waals surface area contributed by atoms with Crippen LogP contribution in [0.5, 0.6) is 11.5 Å². The molecule has 1 aromatic carbocycles. The second kappa shape index (κ2) is 7.31. The van der Waals surface area contributed by atoms with Gasteiger partial charge in [0.1, 0.15) is 17.3 Å². The van der Waals surface area contributed by atoms with Crippen LogP contribution in [0.25, 0.3) is 0 Å². The highest BCUT2D eigenvalue weighted by molar-refractivity contribution is 9.10. The molecule has 0 unspecified atom stereocenters. The first-order valence-electron chi connectivity index (χ1n) is 6.92. The molecule has 2 rings (SSSR count). The molecule has 0 saturated carbocycles. The minimum absolute atomic E-state index is 0.602. The van der Waals surface area contributed by atoms with Crippen molar-refractivity contribution in [1.29, 1.82) is 0 Å². The number of pyridine rings is 1. The van der Waals surface area contributed by atoms with Crippen LogP contribution >= 0.6 is 15.9 Å². The van der Waals surface area contributed by atoms with Crippen molar-refractivity contribution in [2.45, 2.75) is 20.8 Å². The fourth-order valence-corrected chi connectivity index (χ4v) is 2.46. The molecule has 1 aromatic heterocycles. The summed E-state index contributed by atoms with van der Waals surface area (Å²) in [6.07, 6.45) is 1.82. The molecule has 0 aliphatic carbocycles. The van der Waals surface area contributed by atoms with Gasteiger partial charge in [0.15, 0.2) is 0 Å². The average molecular weight is 351 g/mol. The van der Waals surface area contributed by atoms with Gasteiger partial charge in [0.05, 0.1) is 23.4 Å². The first-order chi connectivity index (χ1) is 10.1. The minimum Gasteiger partial charge on any atom is -0.494 e. The average Bonchev–Trinajstić information content (AvgIpc) is 2.45. The fourth-order valence-electron chi connectivity index (χ4n) is 1.90. The predicted octanol–water partition coefficient (Wildman–Crippen LogP) is 4.69. The van der Waals surface area contributed by atoms with Crippen molar-refractivity contribution in [1.82, 2.24) is 4.98 Å². The van der Waals surface area contributed by atoms with Gasteiger partial charge in [-0.3, -0.25) is 0 Å². The lowest BCUT2D eigenvalue weighted by Crippen LogP contribution is -2.01. The molecule has 0 saturated heterocycles. The number of hydrogen-bond donors (Lipinski definition) is 1. The van der Waals surface area contributed by atoms with Gasteiger partial charge in [-0.2, -0.15) is 0 Å². The van der Waals surface area contributed by atoms with E-state index in [4.69, 9.17) is 9.47 Å². The van der Waals surface area contributed by atoms with E-state index < -0.39 is 0 Å². The number of hydrogen-bond acceptors (Lipinski definition) is 4. The van der Waals surface area contributed by atoms with E-state index >= 15 is 0 Å². The van der Waals surface area contributed by atoms with E-state index in [-0.39, 0.29) is 0 Å². The molecule has 0 spiro atoms. The van der Waals surface area contributed by atoms with Crippen LogP contribution in [-0.2, 0) is 0 Å². The summed E-state index contributed by atoms with van der Waals surface area (Å²) in [7, 11) is 0. The number of ether oxygens (including phenoxy) is 2. The van der Waals surface area contributed by atoms with Crippen molar-refractivity contribution in [3.63, 3.8) is 0 Å². The number of aromatic nitrogens is 1. The number of rotatable bonds is 6. The van der Waals surface area contributed by atoms with E-state index in [0.717, 1.165) is 33.0 Å². The van der Waals surface area contributed by atoms with Crippen LogP contribution in [0, 0.1) is 6.92 Å². The molecule has 0 amide bonds. The Morgan fingerprint density at radius 3 is 2.57 bits per heavy atom. The Hall–Kier alpha value is -1.75. The van der Waals surface area contributed by atoms with Gasteiger partial charge in [0.25, 0.3) is 0 Å². The lowest BCUT2D eigenvalue weighted by molar-refractivity contribution is 0.332. The molecule has 0 aliphatic rings. The van der Waals surface area contributed by atoms with Gasteiger partial charge in [-0.05, 0) is 60.5 Å². The fraction of sp³-hybridized carbons (Fsp3) is 0.312. The molecular formula is C16H19BrN2O2. The van der Waals surface area contributed by atoms with Crippen molar-refractivity contribution in [3.05, 3.63) is 40.5 Å². The summed E-state index contributed by atoms with van der Waals surface area (Å²) in [6.45, 7) is 7.15. The van der Waals surface area contributed by atoms with Crippen molar-refractivity contribution in [3.8, 4) is 11.5 Å². The van der Waals surface area contributed by atoms with E-state index in [1.807, 2.05) is 51.2 Å². The van der Waals surface area contributed by atoms with E-state index in [1.165, 1.54) is 0 Å². The Kier molecular flexibility index (Phi) is 5.44. The monoisotopic (exact) mass is 350 g/mol. The third kappa shape index (κ3) is 4.11. The number of nitrogens with one attached hydrogen (secondary N) is 1. The van der Waals surface area contributed by atoms with Gasteiger partial charge in [-0.1, -0.05) is 0 Å². The number of anilines is 2. The van der Waals surface area contributed by atoms with Crippen molar-refractivity contribution < 1.29 is 9.47 Å². The van der Waals surface area contributed by atoms with E-state index in [1.54, 1.807) is 0 Å². The third-order valence-corrected chi connectivity index (χ3v) is 3.40. The Balaban J connectivity index is 2.33. The third-order valence-electron chi connectivity index (χ3n) is 2.79. The molecule has 0 bridgehead atoms. The lowest BCUT2D eigenvalue weighted by Gasteiger charge is -2.14. The molecule has 4 nitrogen and oxygen atoms in total. The highest BCUT2D eigenvalue weighted by atomic mass is 79.9. The maximum absolute atomic E-state index is 5.64. The van der Waals surface area contributed by atoms with E-state index in [2.05, 4.69) is 26.2 Å². The van der Waals surface area contributed by atoms with E-state index in [9.17, 15) is 0 Å². The van der Waals surface area contributed by atoms with E-state index in [0.29, 0.717) is 13.2 Å². The van der Waals surface area contributed by atoms with Gasteiger partial charge in [0, 0.05) is 12.3 Å². The number of nitrogens with zero attached hydrogens (tertiary/aromatic N) is 1. The molecule has 5 heteroatoms. The first kappa shape index (κ1) is 15.6. The summed E-state index contributed by atoms with van der Waals surface area (Å²) < 4.78 is 12.1. The number of benzene rings is 1. The Bertz CT molecular complexity index is 617. The zero-order valence-electron chi connectivity index (χ0n) is 12.4. The summed E-state index contributed by atoms with van der Waals surface area (Å²) in [5.41, 5.74) is 1.93. The highest BCUT2D eigenvalue weighted by Crippen LogP contribution is 2.33. The minimum atomic E-state index is 0.602. The molecule has 21 heavy (non-hydrogen) atoms. The van der Waals surface area contributed by atoms with Gasteiger partial charge in [-0.15, -0.1) is 0 Å². The maximum Gasteiger partial charge on any atom is 0.144 e. The highest BCUT2D eigenvalue weighted by Gasteiger charge is 2.09. The SMILES string of the molecule is CCOc1ccc(OCC)c(Nc2ncc(C)cc2Br)c1. The summed E-state index contributed by atoms with van der Waals surface area (Å²) in [6, 6.07) is 7.74. The van der Waals surface area contributed by atoms with Gasteiger partial charge >= 0.3 is 0 Å². The number of halogens is 1. The zero-order valence-corrected chi connectivity index (χ0v) is 14.0. The molecule has 112 valence electrons. The van der Waals surface area contributed by atoms with Crippen LogP contribution in [0.1, 0.15) is 19.4 Å².